The molecule has 0 saturated heterocycles. The standard InChI is InChI=1S/C21H18O4/c1-24-21(23)12-15-5-4-8-19(11-15)25-14-20(22)18-10-9-16-6-2-3-7-17(16)13-18/h2-11,13H,12,14H2,1H3. The number of benzene rings is 3. The maximum Gasteiger partial charge on any atom is 0.309 e. The minimum Gasteiger partial charge on any atom is -0.485 e. The molecule has 126 valence electrons. The number of ketones is 1. The Morgan fingerprint density at radius 1 is 0.880 bits per heavy atom. The van der Waals surface area contributed by atoms with Gasteiger partial charge in [0.15, 0.2) is 12.4 Å². The maximum atomic E-state index is 12.4. The van der Waals surface area contributed by atoms with Crippen molar-refractivity contribution in [3.05, 3.63) is 77.9 Å². The van der Waals surface area contributed by atoms with Crippen LogP contribution in [0, 0.1) is 0 Å². The number of carbonyl (C=O) groups excluding carboxylic acids is 2. The van der Waals surface area contributed by atoms with Gasteiger partial charge in [-0.3, -0.25) is 9.59 Å². The van der Waals surface area contributed by atoms with Crippen molar-refractivity contribution in [3.63, 3.8) is 0 Å². The number of ether oxygens (including phenoxy) is 2. The number of rotatable bonds is 6. The van der Waals surface area contributed by atoms with Gasteiger partial charge in [0.1, 0.15) is 5.75 Å². The number of methoxy groups -OCH3 is 1. The summed E-state index contributed by atoms with van der Waals surface area (Å²) >= 11 is 0. The second kappa shape index (κ2) is 7.62. The fraction of sp³-hybridized carbons (Fsp3) is 0.143. The van der Waals surface area contributed by atoms with E-state index in [1.54, 1.807) is 18.2 Å². The second-order valence-corrected chi connectivity index (χ2v) is 5.67. The van der Waals surface area contributed by atoms with E-state index in [0.717, 1.165) is 16.3 Å². The van der Waals surface area contributed by atoms with Crippen molar-refractivity contribution in [2.45, 2.75) is 6.42 Å². The Bertz CT molecular complexity index is 914. The van der Waals surface area contributed by atoms with Crippen molar-refractivity contribution < 1.29 is 19.1 Å². The largest absolute Gasteiger partial charge is 0.485 e. The van der Waals surface area contributed by atoms with Crippen LogP contribution in [0.25, 0.3) is 10.8 Å². The Kier molecular flexibility index (Phi) is 5.09. The molecule has 0 heterocycles. The van der Waals surface area contributed by atoms with E-state index in [4.69, 9.17) is 4.74 Å². The summed E-state index contributed by atoms with van der Waals surface area (Å²) in [7, 11) is 1.35. The van der Waals surface area contributed by atoms with Crippen LogP contribution in [0.1, 0.15) is 15.9 Å². The van der Waals surface area contributed by atoms with Gasteiger partial charge in [-0.2, -0.15) is 0 Å². The third-order valence-corrected chi connectivity index (χ3v) is 3.92. The van der Waals surface area contributed by atoms with Crippen molar-refractivity contribution in [3.8, 4) is 5.75 Å². The average molecular weight is 334 g/mol. The molecule has 0 fully saturated rings. The van der Waals surface area contributed by atoms with E-state index in [1.165, 1.54) is 7.11 Å². The molecule has 0 amide bonds. The number of carbonyl (C=O) groups is 2. The van der Waals surface area contributed by atoms with Gasteiger partial charge in [0.05, 0.1) is 13.5 Å². The Morgan fingerprint density at radius 2 is 1.68 bits per heavy atom. The van der Waals surface area contributed by atoms with Gasteiger partial charge in [-0.1, -0.05) is 48.5 Å². The SMILES string of the molecule is COC(=O)Cc1cccc(OCC(=O)c2ccc3ccccc3c2)c1. The third-order valence-electron chi connectivity index (χ3n) is 3.92. The lowest BCUT2D eigenvalue weighted by molar-refractivity contribution is -0.139. The van der Waals surface area contributed by atoms with Crippen LogP contribution < -0.4 is 4.74 Å². The second-order valence-electron chi connectivity index (χ2n) is 5.67. The van der Waals surface area contributed by atoms with Crippen LogP contribution in [-0.2, 0) is 16.0 Å². The lowest BCUT2D eigenvalue weighted by Gasteiger charge is -2.08. The first kappa shape index (κ1) is 16.7. The fourth-order valence-electron chi connectivity index (χ4n) is 2.58. The van der Waals surface area contributed by atoms with Crippen LogP contribution in [-0.4, -0.2) is 25.5 Å². The van der Waals surface area contributed by atoms with E-state index in [9.17, 15) is 9.59 Å². The molecule has 3 aromatic rings. The topological polar surface area (TPSA) is 52.6 Å². The molecule has 0 unspecified atom stereocenters. The zero-order valence-electron chi connectivity index (χ0n) is 13.9. The molecule has 3 rings (SSSR count). The van der Waals surface area contributed by atoms with E-state index in [-0.39, 0.29) is 24.8 Å². The summed E-state index contributed by atoms with van der Waals surface area (Å²) in [6.45, 7) is -0.0555. The molecule has 4 heteroatoms. The van der Waals surface area contributed by atoms with E-state index >= 15 is 0 Å². The Balaban J connectivity index is 1.67. The Hall–Kier alpha value is -3.14. The average Bonchev–Trinajstić information content (AvgIpc) is 2.66. The minimum absolute atomic E-state index is 0.0555. The molecule has 25 heavy (non-hydrogen) atoms. The van der Waals surface area contributed by atoms with Crippen molar-refractivity contribution in [2.24, 2.45) is 0 Å². The summed E-state index contributed by atoms with van der Waals surface area (Å²) in [5.41, 5.74) is 1.40. The van der Waals surface area contributed by atoms with Crippen molar-refractivity contribution in [1.29, 1.82) is 0 Å². The van der Waals surface area contributed by atoms with Gasteiger partial charge in [-0.25, -0.2) is 0 Å². The van der Waals surface area contributed by atoms with Gasteiger partial charge in [-0.05, 0) is 34.5 Å². The first-order chi connectivity index (χ1) is 12.2. The van der Waals surface area contributed by atoms with Crippen LogP contribution in [0.5, 0.6) is 5.75 Å². The Morgan fingerprint density at radius 3 is 2.48 bits per heavy atom. The molecule has 0 bridgehead atoms. The summed E-state index contributed by atoms with van der Waals surface area (Å²) in [5.74, 6) is 0.143. The molecule has 0 aliphatic rings. The highest BCUT2D eigenvalue weighted by Gasteiger charge is 2.09. The summed E-state index contributed by atoms with van der Waals surface area (Å²) in [6, 6.07) is 20.6. The van der Waals surface area contributed by atoms with Crippen molar-refractivity contribution in [2.75, 3.05) is 13.7 Å². The van der Waals surface area contributed by atoms with Gasteiger partial charge in [0, 0.05) is 5.56 Å². The van der Waals surface area contributed by atoms with Gasteiger partial charge >= 0.3 is 5.97 Å². The van der Waals surface area contributed by atoms with Gasteiger partial charge < -0.3 is 9.47 Å². The molecule has 0 spiro atoms. The lowest BCUT2D eigenvalue weighted by Crippen LogP contribution is -2.12. The lowest BCUT2D eigenvalue weighted by atomic mass is 10.0. The monoisotopic (exact) mass is 334 g/mol. The molecule has 0 N–H and O–H groups in total. The summed E-state index contributed by atoms with van der Waals surface area (Å²) in [5, 5.41) is 2.11. The molecule has 4 nitrogen and oxygen atoms in total. The Labute approximate surface area is 146 Å². The summed E-state index contributed by atoms with van der Waals surface area (Å²) in [4.78, 5) is 23.7. The summed E-state index contributed by atoms with van der Waals surface area (Å²) < 4.78 is 10.2. The highest BCUT2D eigenvalue weighted by atomic mass is 16.5. The highest BCUT2D eigenvalue weighted by Crippen LogP contribution is 2.18. The normalized spacial score (nSPS) is 10.4. The fourth-order valence-corrected chi connectivity index (χ4v) is 2.58. The molecule has 0 radical (unpaired) electrons. The quantitative estimate of drug-likeness (QED) is 0.508. The van der Waals surface area contributed by atoms with Crippen molar-refractivity contribution >= 4 is 22.5 Å². The number of hydrogen-bond donors (Lipinski definition) is 0. The van der Waals surface area contributed by atoms with E-state index in [1.807, 2.05) is 48.5 Å². The van der Waals surface area contributed by atoms with E-state index in [0.29, 0.717) is 11.3 Å². The zero-order valence-corrected chi connectivity index (χ0v) is 13.9. The molecule has 0 saturated carbocycles. The number of hydrogen-bond acceptors (Lipinski definition) is 4. The minimum atomic E-state index is -0.315. The highest BCUT2D eigenvalue weighted by molar-refractivity contribution is 6.00. The van der Waals surface area contributed by atoms with Gasteiger partial charge in [-0.15, -0.1) is 0 Å². The molecule has 0 aliphatic carbocycles. The summed E-state index contributed by atoms with van der Waals surface area (Å²) in [6.07, 6.45) is 0.173. The van der Waals surface area contributed by atoms with Crippen LogP contribution in [0.4, 0.5) is 0 Å². The van der Waals surface area contributed by atoms with Crippen molar-refractivity contribution in [1.82, 2.24) is 0 Å². The first-order valence-corrected chi connectivity index (χ1v) is 7.96. The first-order valence-electron chi connectivity index (χ1n) is 7.96. The van der Waals surface area contributed by atoms with Crippen LogP contribution in [0.3, 0.4) is 0 Å². The van der Waals surface area contributed by atoms with Gasteiger partial charge in [0.25, 0.3) is 0 Å². The molecule has 3 aromatic carbocycles. The van der Waals surface area contributed by atoms with Crippen LogP contribution in [0.2, 0.25) is 0 Å². The number of Topliss-reactive ketones (excluding diaryl/α,β-unsaturated/α-hetero) is 1. The molecular weight excluding hydrogens is 316 g/mol. The van der Waals surface area contributed by atoms with Gasteiger partial charge in [0.2, 0.25) is 0 Å². The predicted molar refractivity (Wildman–Crippen MR) is 95.9 cm³/mol. The molecular formula is C21H18O4. The van der Waals surface area contributed by atoms with E-state index in [2.05, 4.69) is 4.74 Å². The number of fused-ring (bicyclic) bond motifs is 1. The predicted octanol–water partition coefficient (Wildman–Crippen LogP) is 3.82. The smallest absolute Gasteiger partial charge is 0.309 e. The zero-order chi connectivity index (χ0) is 17.6. The van der Waals surface area contributed by atoms with Crippen LogP contribution in [0.15, 0.2) is 66.7 Å². The van der Waals surface area contributed by atoms with Crippen LogP contribution >= 0.6 is 0 Å². The molecule has 0 aliphatic heterocycles. The third kappa shape index (κ3) is 4.23. The van der Waals surface area contributed by atoms with E-state index < -0.39 is 0 Å². The number of esters is 1. The maximum absolute atomic E-state index is 12.4. The molecule has 0 aromatic heterocycles. The molecule has 0 atom stereocenters.